The zero-order valence-electron chi connectivity index (χ0n) is 18.1. The fraction of sp³-hybridized carbons (Fsp3) is 0.458. The highest BCUT2D eigenvalue weighted by atomic mass is 35.5. The monoisotopic (exact) mass is 480 g/mol. The Morgan fingerprint density at radius 1 is 1.19 bits per heavy atom. The van der Waals surface area contributed by atoms with E-state index in [1.165, 1.54) is 12.1 Å². The number of hydrogen-bond donors (Lipinski definition) is 3. The number of aliphatic hydroxyl groups is 1. The molecule has 0 bridgehead atoms. The normalized spacial score (nSPS) is 23.4. The van der Waals surface area contributed by atoms with Crippen molar-refractivity contribution in [2.24, 2.45) is 5.92 Å². The average Bonchev–Trinajstić information content (AvgIpc) is 3.04. The quantitative estimate of drug-likeness (QED) is 0.268. The van der Waals surface area contributed by atoms with Crippen LogP contribution in [0.2, 0.25) is 0 Å². The molecule has 1 saturated carbocycles. The van der Waals surface area contributed by atoms with E-state index < -0.39 is 13.7 Å². The predicted octanol–water partition coefficient (Wildman–Crippen LogP) is 4.15. The lowest BCUT2D eigenvalue weighted by Crippen LogP contribution is -2.23. The van der Waals surface area contributed by atoms with Crippen LogP contribution in [-0.2, 0) is 15.9 Å². The van der Waals surface area contributed by atoms with Crippen LogP contribution in [0.5, 0.6) is 0 Å². The van der Waals surface area contributed by atoms with Crippen LogP contribution in [0.3, 0.4) is 0 Å². The van der Waals surface area contributed by atoms with Crippen LogP contribution in [0.4, 0.5) is 0 Å². The number of hydrogen-bond acceptors (Lipinski definition) is 4. The van der Waals surface area contributed by atoms with E-state index in [1.807, 2.05) is 24.3 Å². The van der Waals surface area contributed by atoms with Gasteiger partial charge in [-0.05, 0) is 36.1 Å². The summed E-state index contributed by atoms with van der Waals surface area (Å²) in [6, 6.07) is 13.6. The van der Waals surface area contributed by atoms with Crippen LogP contribution in [-0.4, -0.2) is 38.8 Å². The Kier molecular flexibility index (Phi) is 8.68. The second-order valence-corrected chi connectivity index (χ2v) is 10.6. The first-order chi connectivity index (χ1) is 15.2. The molecule has 0 aromatic heterocycles. The number of rotatable bonds is 10. The first kappa shape index (κ1) is 25.1. The van der Waals surface area contributed by atoms with Crippen LogP contribution in [0.25, 0.3) is 0 Å². The van der Waals surface area contributed by atoms with Gasteiger partial charge in [0.2, 0.25) is 0 Å². The van der Waals surface area contributed by atoms with Crippen molar-refractivity contribution in [2.45, 2.75) is 56.6 Å². The number of benzene rings is 2. The van der Waals surface area contributed by atoms with Gasteiger partial charge in [-0.1, -0.05) is 49.7 Å². The Morgan fingerprint density at radius 2 is 1.91 bits per heavy atom. The van der Waals surface area contributed by atoms with E-state index in [9.17, 15) is 24.3 Å². The lowest BCUT2D eigenvalue weighted by molar-refractivity contribution is 0.0723. The van der Waals surface area contributed by atoms with Crippen LogP contribution >= 0.6 is 19.2 Å². The summed E-state index contributed by atoms with van der Waals surface area (Å²) >= 11 is 6.53. The predicted molar refractivity (Wildman–Crippen MR) is 125 cm³/mol. The summed E-state index contributed by atoms with van der Waals surface area (Å²) < 4.78 is 17.3. The van der Waals surface area contributed by atoms with Gasteiger partial charge in [-0.3, -0.25) is 9.36 Å². The second kappa shape index (κ2) is 11.1. The zero-order valence-corrected chi connectivity index (χ0v) is 19.7. The minimum absolute atomic E-state index is 0.0449. The van der Waals surface area contributed by atoms with E-state index in [-0.39, 0.29) is 34.9 Å². The Hall–Kier alpha value is -1.53. The number of ketones is 1. The van der Waals surface area contributed by atoms with Crippen molar-refractivity contribution in [3.05, 3.63) is 65.2 Å². The zero-order chi connectivity index (χ0) is 23.3. The molecule has 1 aliphatic rings. The largest absolute Gasteiger partial charge is 0.392 e. The lowest BCUT2D eigenvalue weighted by atomic mass is 9.87. The lowest BCUT2D eigenvalue weighted by Gasteiger charge is -2.24. The van der Waals surface area contributed by atoms with Gasteiger partial charge in [0.25, 0.3) is 0 Å². The van der Waals surface area contributed by atoms with Crippen molar-refractivity contribution in [1.82, 2.24) is 0 Å². The molecule has 1 fully saturated rings. The van der Waals surface area contributed by atoms with E-state index in [1.54, 1.807) is 12.1 Å². The molecule has 0 aliphatic heterocycles. The highest BCUT2D eigenvalue weighted by molar-refractivity contribution is 7.60. The number of aliphatic hydroxyl groups excluding tert-OH is 1. The molecule has 3 rings (SSSR count). The highest BCUT2D eigenvalue weighted by Gasteiger charge is 2.42. The molecule has 0 amide bonds. The van der Waals surface area contributed by atoms with E-state index >= 15 is 0 Å². The maximum Gasteiger partial charge on any atom is 0.356 e. The molecule has 3 N–H and O–H groups in total. The van der Waals surface area contributed by atoms with Crippen LogP contribution in [0, 0.1) is 5.92 Å². The van der Waals surface area contributed by atoms with Gasteiger partial charge < -0.3 is 19.6 Å². The maximum absolute atomic E-state index is 12.2. The summed E-state index contributed by atoms with van der Waals surface area (Å²) in [4.78, 5) is 30.9. The van der Waals surface area contributed by atoms with Crippen molar-refractivity contribution in [1.29, 1.82) is 0 Å². The molecule has 2 aromatic rings. The Labute approximate surface area is 193 Å². The standard InChI is InChI=1S/C24H30ClO6P/c1-2-3-7-22(26)17-8-10-18(11-9-17)24-20(21(25)13-23(24)27)15-31-14-16-5-4-6-19(12-16)32(28,29)30/h4-6,8-12,20-21,23-24,27H,2-3,7,13-15H2,1H3,(H2,28,29,30)/t20?,21-,23-,24?/m1/s1. The Morgan fingerprint density at radius 3 is 2.56 bits per heavy atom. The Bertz CT molecular complexity index is 957. The van der Waals surface area contributed by atoms with Gasteiger partial charge in [0.05, 0.1) is 24.6 Å². The molecule has 32 heavy (non-hydrogen) atoms. The molecular formula is C24H30ClO6P. The van der Waals surface area contributed by atoms with Gasteiger partial charge in [0.15, 0.2) is 5.78 Å². The first-order valence-corrected chi connectivity index (χ1v) is 12.9. The average molecular weight is 481 g/mol. The van der Waals surface area contributed by atoms with Crippen LogP contribution in [0.1, 0.15) is 60.0 Å². The van der Waals surface area contributed by atoms with Crippen molar-refractivity contribution >= 4 is 30.3 Å². The molecule has 4 atom stereocenters. The van der Waals surface area contributed by atoms with Gasteiger partial charge >= 0.3 is 7.60 Å². The van der Waals surface area contributed by atoms with Crippen molar-refractivity contribution in [2.75, 3.05) is 6.61 Å². The van der Waals surface area contributed by atoms with E-state index in [0.29, 0.717) is 30.6 Å². The number of carbonyl (C=O) groups excluding carboxylic acids is 1. The second-order valence-electron chi connectivity index (χ2n) is 8.39. The summed E-state index contributed by atoms with van der Waals surface area (Å²) in [6.45, 7) is 2.53. The molecule has 174 valence electrons. The number of carbonyl (C=O) groups is 1. The molecule has 0 heterocycles. The number of Topliss-reactive ketones (excluding diaryl/α,β-unsaturated/α-hetero) is 1. The molecule has 0 saturated heterocycles. The van der Waals surface area contributed by atoms with E-state index in [4.69, 9.17) is 16.3 Å². The fourth-order valence-corrected chi connectivity index (χ4v) is 5.28. The SMILES string of the molecule is CCCCC(=O)c1ccc(C2C(COCc3cccc(P(=O)(O)O)c3)[C@H](Cl)C[C@H]2O)cc1. The topological polar surface area (TPSA) is 104 Å². The van der Waals surface area contributed by atoms with Crippen molar-refractivity contribution in [3.63, 3.8) is 0 Å². The number of ether oxygens (including phenoxy) is 1. The molecule has 2 unspecified atom stereocenters. The minimum Gasteiger partial charge on any atom is -0.392 e. The number of unbranched alkanes of at least 4 members (excludes halogenated alkanes) is 1. The van der Waals surface area contributed by atoms with E-state index in [0.717, 1.165) is 18.4 Å². The first-order valence-electron chi connectivity index (χ1n) is 10.9. The molecule has 6 nitrogen and oxygen atoms in total. The summed E-state index contributed by atoms with van der Waals surface area (Å²) in [7, 11) is -4.32. The summed E-state index contributed by atoms with van der Waals surface area (Å²) in [6.07, 6.45) is 2.22. The van der Waals surface area contributed by atoms with E-state index in [2.05, 4.69) is 6.92 Å². The molecule has 0 radical (unpaired) electrons. The Balaban J connectivity index is 1.66. The number of alkyl halides is 1. The molecule has 8 heteroatoms. The maximum atomic E-state index is 12.2. The molecule has 1 aliphatic carbocycles. The minimum atomic E-state index is -4.32. The smallest absolute Gasteiger partial charge is 0.356 e. The van der Waals surface area contributed by atoms with Gasteiger partial charge in [-0.25, -0.2) is 0 Å². The fourth-order valence-electron chi connectivity index (χ4n) is 4.25. The summed E-state index contributed by atoms with van der Waals surface area (Å²) in [5.74, 6) is -0.213. The third-order valence-electron chi connectivity index (χ3n) is 6.01. The summed E-state index contributed by atoms with van der Waals surface area (Å²) in [5, 5.41) is 10.3. The van der Waals surface area contributed by atoms with Gasteiger partial charge in [0.1, 0.15) is 0 Å². The van der Waals surface area contributed by atoms with Crippen LogP contribution < -0.4 is 5.30 Å². The molecular weight excluding hydrogens is 451 g/mol. The number of halogens is 1. The third-order valence-corrected chi connectivity index (χ3v) is 7.46. The summed E-state index contributed by atoms with van der Waals surface area (Å²) in [5.41, 5.74) is 2.25. The molecule has 2 aromatic carbocycles. The highest BCUT2D eigenvalue weighted by Crippen LogP contribution is 2.43. The van der Waals surface area contributed by atoms with Crippen molar-refractivity contribution < 1.29 is 29.0 Å². The van der Waals surface area contributed by atoms with Gasteiger partial charge in [0, 0.05) is 29.2 Å². The molecule has 0 spiro atoms. The van der Waals surface area contributed by atoms with Crippen LogP contribution in [0.15, 0.2) is 48.5 Å². The third kappa shape index (κ3) is 6.28. The van der Waals surface area contributed by atoms with Gasteiger partial charge in [-0.2, -0.15) is 0 Å². The van der Waals surface area contributed by atoms with Gasteiger partial charge in [-0.15, -0.1) is 11.6 Å². The van der Waals surface area contributed by atoms with Crippen molar-refractivity contribution in [3.8, 4) is 0 Å².